The fraction of sp³-hybridized carbons (Fsp3) is 0.167. The molecule has 2 aliphatic rings. The number of benzene rings is 3. The van der Waals surface area contributed by atoms with E-state index in [0.717, 1.165) is 15.8 Å². The van der Waals surface area contributed by atoms with E-state index in [4.69, 9.17) is 0 Å². The lowest BCUT2D eigenvalue weighted by Gasteiger charge is -2.35. The average molecular weight is 510 g/mol. The smallest absolute Gasteiger partial charge is 0.275 e. The van der Waals surface area contributed by atoms with Crippen LogP contribution < -0.4 is 14.2 Å². The Bertz CT molecular complexity index is 1150. The number of amides is 2. The average Bonchev–Trinajstić information content (AvgIpc) is 3.32. The van der Waals surface area contributed by atoms with Gasteiger partial charge in [0.1, 0.15) is 5.66 Å². The number of carbonyl (C=O) groups is 2. The summed E-state index contributed by atoms with van der Waals surface area (Å²) in [6.07, 6.45) is -0.0845. The monoisotopic (exact) mass is 509 g/mol. The third-order valence-corrected chi connectivity index (χ3v) is 9.93. The van der Waals surface area contributed by atoms with Crippen LogP contribution in [0.5, 0.6) is 0 Å². The van der Waals surface area contributed by atoms with Gasteiger partial charge >= 0.3 is 0 Å². The molecule has 3 aromatic carbocycles. The normalized spacial score (nSPS) is 20.3. The fourth-order valence-electron chi connectivity index (χ4n) is 4.47. The summed E-state index contributed by atoms with van der Waals surface area (Å²) in [5.74, 6) is -0.741. The summed E-state index contributed by atoms with van der Waals surface area (Å²) in [5.41, 5.74) is 1.13. The summed E-state index contributed by atoms with van der Waals surface area (Å²) in [6, 6.07) is 26.0. The third-order valence-electron chi connectivity index (χ3n) is 5.94. The standard InChI is InChI=1S/C24H21BrN3O3P/c25-18-11-13-21(14-12-18)28-23(29)17-22(24(28)30)32(31)26(19-7-3-1-4-8-19)15-16-27(32)20-9-5-2-6-10-20/h1-14,22H,15-17H2. The van der Waals surface area contributed by atoms with Crippen LogP contribution in [0.3, 0.4) is 0 Å². The van der Waals surface area contributed by atoms with E-state index in [1.54, 1.807) is 24.3 Å². The van der Waals surface area contributed by atoms with Crippen molar-refractivity contribution in [3.8, 4) is 0 Å². The van der Waals surface area contributed by atoms with Crippen molar-refractivity contribution in [3.05, 3.63) is 89.4 Å². The first-order valence-corrected chi connectivity index (χ1v) is 12.9. The van der Waals surface area contributed by atoms with Crippen LogP contribution in [0.4, 0.5) is 17.1 Å². The molecule has 8 heteroatoms. The Balaban J connectivity index is 1.59. The van der Waals surface area contributed by atoms with Gasteiger partial charge in [-0.25, -0.2) is 4.90 Å². The van der Waals surface area contributed by atoms with Gasteiger partial charge in [0.15, 0.2) is 0 Å². The first kappa shape index (κ1) is 21.0. The van der Waals surface area contributed by atoms with E-state index < -0.39 is 19.0 Å². The molecule has 0 N–H and O–H groups in total. The predicted octanol–water partition coefficient (Wildman–Crippen LogP) is 5.30. The van der Waals surface area contributed by atoms with Crippen LogP contribution in [0.15, 0.2) is 89.4 Å². The quantitative estimate of drug-likeness (QED) is 0.352. The van der Waals surface area contributed by atoms with Gasteiger partial charge in [-0.05, 0) is 48.5 Å². The summed E-state index contributed by atoms with van der Waals surface area (Å²) >= 11 is 3.38. The molecular formula is C24H21BrN3O3P. The Morgan fingerprint density at radius 3 is 1.72 bits per heavy atom. The number of hydrogen-bond donors (Lipinski definition) is 0. The predicted molar refractivity (Wildman–Crippen MR) is 130 cm³/mol. The van der Waals surface area contributed by atoms with Gasteiger partial charge in [-0.15, -0.1) is 0 Å². The number of carbonyl (C=O) groups excluding carboxylic acids is 2. The van der Waals surface area contributed by atoms with Gasteiger partial charge in [0.05, 0.1) is 5.69 Å². The van der Waals surface area contributed by atoms with Crippen molar-refractivity contribution < 1.29 is 14.2 Å². The molecule has 32 heavy (non-hydrogen) atoms. The molecule has 2 saturated heterocycles. The Kier molecular flexibility index (Phi) is 5.39. The minimum Gasteiger partial charge on any atom is -0.304 e. The third kappa shape index (κ3) is 3.37. The molecule has 0 bridgehead atoms. The number of anilines is 3. The van der Waals surface area contributed by atoms with Crippen molar-refractivity contribution in [2.75, 3.05) is 27.3 Å². The second kappa shape index (κ2) is 8.23. The summed E-state index contributed by atoms with van der Waals surface area (Å²) in [6.45, 7) is 1.01. The molecule has 2 aliphatic heterocycles. The van der Waals surface area contributed by atoms with Crippen LogP contribution >= 0.6 is 23.4 Å². The van der Waals surface area contributed by atoms with Gasteiger partial charge in [-0.3, -0.25) is 14.2 Å². The van der Waals surface area contributed by atoms with Crippen LogP contribution in [0.25, 0.3) is 0 Å². The van der Waals surface area contributed by atoms with E-state index >= 15 is 0 Å². The van der Waals surface area contributed by atoms with Gasteiger partial charge in [0.25, 0.3) is 7.44 Å². The molecule has 6 nitrogen and oxygen atoms in total. The zero-order valence-corrected chi connectivity index (χ0v) is 19.7. The Hall–Kier alpha value is -2.89. The van der Waals surface area contributed by atoms with Gasteiger partial charge in [-0.2, -0.15) is 0 Å². The largest absolute Gasteiger partial charge is 0.304 e. The highest BCUT2D eigenvalue weighted by Gasteiger charge is 2.57. The first-order chi connectivity index (χ1) is 15.5. The zero-order valence-electron chi connectivity index (χ0n) is 17.2. The molecule has 0 saturated carbocycles. The van der Waals surface area contributed by atoms with Crippen LogP contribution in [-0.2, 0) is 14.2 Å². The highest BCUT2D eigenvalue weighted by atomic mass is 79.9. The lowest BCUT2D eigenvalue weighted by atomic mass is 10.3. The molecule has 2 amide bonds. The lowest BCUT2D eigenvalue weighted by molar-refractivity contribution is -0.121. The SMILES string of the molecule is O=C1CC(P2(=O)N(c3ccccc3)CCN2c2ccccc2)C(=O)N1c1ccc(Br)cc1. The van der Waals surface area contributed by atoms with E-state index in [-0.39, 0.29) is 12.3 Å². The molecule has 2 fully saturated rings. The van der Waals surface area contributed by atoms with Crippen LogP contribution in [0, 0.1) is 0 Å². The molecule has 0 spiro atoms. The van der Waals surface area contributed by atoms with Crippen LogP contribution in [0.2, 0.25) is 0 Å². The molecule has 3 aromatic rings. The number of rotatable bonds is 4. The van der Waals surface area contributed by atoms with E-state index in [1.807, 2.05) is 70.0 Å². The minimum atomic E-state index is -3.50. The van der Waals surface area contributed by atoms with Crippen LogP contribution in [0.1, 0.15) is 6.42 Å². The summed E-state index contributed by atoms with van der Waals surface area (Å²) in [5, 5.41) is 0. The Morgan fingerprint density at radius 1 is 0.719 bits per heavy atom. The van der Waals surface area contributed by atoms with Gasteiger partial charge in [0, 0.05) is 35.4 Å². The fourth-order valence-corrected chi connectivity index (χ4v) is 8.15. The van der Waals surface area contributed by atoms with Crippen molar-refractivity contribution >= 4 is 52.2 Å². The highest BCUT2D eigenvalue weighted by molar-refractivity contribution is 9.10. The van der Waals surface area contributed by atoms with Gasteiger partial charge in [-0.1, -0.05) is 52.3 Å². The number of imide groups is 1. The maximum atomic E-state index is 14.9. The summed E-state index contributed by atoms with van der Waals surface area (Å²) < 4.78 is 19.4. The maximum Gasteiger partial charge on any atom is 0.275 e. The first-order valence-electron chi connectivity index (χ1n) is 10.4. The van der Waals surface area contributed by atoms with E-state index in [0.29, 0.717) is 18.8 Å². The van der Waals surface area contributed by atoms with Gasteiger partial charge in [0.2, 0.25) is 11.8 Å². The number of hydrogen-bond acceptors (Lipinski definition) is 3. The second-order valence-corrected chi connectivity index (χ2v) is 11.5. The number of nitrogens with zero attached hydrogens (tertiary/aromatic N) is 3. The number of para-hydroxylation sites is 2. The summed E-state index contributed by atoms with van der Waals surface area (Å²) in [4.78, 5) is 27.8. The summed E-state index contributed by atoms with van der Waals surface area (Å²) in [7, 11) is -3.50. The van der Waals surface area contributed by atoms with Crippen LogP contribution in [-0.4, -0.2) is 30.6 Å². The van der Waals surface area contributed by atoms with Gasteiger partial charge < -0.3 is 9.34 Å². The Labute approximate surface area is 195 Å². The zero-order chi connectivity index (χ0) is 22.3. The molecule has 5 rings (SSSR count). The van der Waals surface area contributed by atoms with Crippen molar-refractivity contribution in [3.63, 3.8) is 0 Å². The molecule has 0 aliphatic carbocycles. The Morgan fingerprint density at radius 2 is 1.22 bits per heavy atom. The van der Waals surface area contributed by atoms with E-state index in [2.05, 4.69) is 15.9 Å². The molecule has 0 radical (unpaired) electrons. The molecular weight excluding hydrogens is 489 g/mol. The van der Waals surface area contributed by atoms with E-state index in [1.165, 1.54) is 4.90 Å². The number of halogens is 1. The molecule has 0 aromatic heterocycles. The van der Waals surface area contributed by atoms with Crippen molar-refractivity contribution in [2.24, 2.45) is 0 Å². The molecule has 162 valence electrons. The highest BCUT2D eigenvalue weighted by Crippen LogP contribution is 2.65. The lowest BCUT2D eigenvalue weighted by Crippen LogP contribution is -2.36. The molecule has 1 atom stereocenters. The maximum absolute atomic E-state index is 14.9. The molecule has 2 heterocycles. The second-order valence-electron chi connectivity index (χ2n) is 7.77. The topological polar surface area (TPSA) is 60.9 Å². The van der Waals surface area contributed by atoms with E-state index in [9.17, 15) is 14.2 Å². The molecule has 1 unspecified atom stereocenters. The van der Waals surface area contributed by atoms with Crippen molar-refractivity contribution in [1.82, 2.24) is 0 Å². The van der Waals surface area contributed by atoms with Crippen molar-refractivity contribution in [2.45, 2.75) is 12.1 Å². The minimum absolute atomic E-state index is 0.0845. The van der Waals surface area contributed by atoms with Crippen molar-refractivity contribution in [1.29, 1.82) is 0 Å².